The van der Waals surface area contributed by atoms with Gasteiger partial charge in [-0.15, -0.1) is 0 Å². The molecule has 0 bridgehead atoms. The van der Waals surface area contributed by atoms with Gasteiger partial charge >= 0.3 is 0 Å². The lowest BCUT2D eigenvalue weighted by Crippen LogP contribution is -1.98. The van der Waals surface area contributed by atoms with Gasteiger partial charge in [-0.25, -0.2) is 0 Å². The third kappa shape index (κ3) is 2.45. The monoisotopic (exact) mass is 597 g/mol. The molecule has 0 spiro atoms. The summed E-state index contributed by atoms with van der Waals surface area (Å²) in [5.74, 6) is 0. The van der Waals surface area contributed by atoms with E-state index in [9.17, 15) is 0 Å². The Morgan fingerprint density at radius 3 is 1.64 bits per heavy atom. The number of anilines is 1. The zero-order chi connectivity index (χ0) is 8.59. The Bertz CT molecular complexity index is 271. The Morgan fingerprint density at radius 1 is 0.909 bits per heavy atom. The normalized spacial score (nSPS) is 10.2. The van der Waals surface area contributed by atoms with E-state index in [1.807, 2.05) is 0 Å². The van der Waals surface area contributed by atoms with Gasteiger partial charge in [-0.05, 0) is 96.4 Å². The number of nitrogens with two attached hydrogens (primary N) is 1. The van der Waals surface area contributed by atoms with Gasteiger partial charge in [0.05, 0.1) is 12.8 Å². The molecule has 0 aromatic heterocycles. The van der Waals surface area contributed by atoms with Gasteiger partial charge in [0.25, 0.3) is 0 Å². The van der Waals surface area contributed by atoms with Crippen molar-refractivity contribution in [2.45, 2.75) is 0 Å². The van der Waals surface area contributed by atoms with Crippen LogP contribution in [0.15, 0.2) is 6.07 Å². The van der Waals surface area contributed by atoms with E-state index in [4.69, 9.17) is 5.73 Å². The zero-order valence-electron chi connectivity index (χ0n) is 5.17. The lowest BCUT2D eigenvalue weighted by molar-refractivity contribution is 1.49. The van der Waals surface area contributed by atoms with Crippen LogP contribution < -0.4 is 5.73 Å². The minimum Gasteiger partial charge on any atom is -0.397 e. The van der Waals surface area contributed by atoms with E-state index in [0.29, 0.717) is 0 Å². The van der Waals surface area contributed by atoms with E-state index >= 15 is 0 Å². The fraction of sp³-hybridized carbons (Fsp3) is 0. The summed E-state index contributed by atoms with van der Waals surface area (Å²) >= 11 is 9.13. The van der Waals surface area contributed by atoms with E-state index < -0.39 is 0 Å². The molecular weight excluding hydrogens is 594 g/mol. The Balaban J connectivity index is 3.46. The smallest absolute Gasteiger partial charge is 0.0607 e. The van der Waals surface area contributed by atoms with Crippen LogP contribution in [0.4, 0.5) is 5.69 Å². The molecule has 11 heavy (non-hydrogen) atoms. The maximum absolute atomic E-state index is 5.86. The van der Waals surface area contributed by atoms with Gasteiger partial charge in [0.15, 0.2) is 0 Å². The Morgan fingerprint density at radius 2 is 1.27 bits per heavy atom. The summed E-state index contributed by atoms with van der Waals surface area (Å²) in [6, 6.07) is 2.14. The summed E-state index contributed by atoms with van der Waals surface area (Å²) in [6.45, 7) is 0. The number of rotatable bonds is 0. The van der Waals surface area contributed by atoms with E-state index in [-0.39, 0.29) is 0 Å². The van der Waals surface area contributed by atoms with Gasteiger partial charge in [-0.3, -0.25) is 0 Å². The largest absolute Gasteiger partial charge is 0.397 e. The molecule has 0 fully saturated rings. The fourth-order valence-electron chi connectivity index (χ4n) is 0.592. The zero-order valence-corrected chi connectivity index (χ0v) is 13.8. The van der Waals surface area contributed by atoms with Crippen LogP contribution in [0.25, 0.3) is 0 Å². The van der Waals surface area contributed by atoms with Crippen molar-refractivity contribution in [3.63, 3.8) is 0 Å². The average Bonchev–Trinajstić information content (AvgIpc) is 1.97. The van der Waals surface area contributed by atoms with Crippen LogP contribution in [0.5, 0.6) is 0 Å². The van der Waals surface area contributed by atoms with E-state index in [1.54, 1.807) is 0 Å². The first-order valence-corrected chi connectivity index (χ1v) is 6.94. The van der Waals surface area contributed by atoms with Crippen LogP contribution in [0, 0.1) is 14.3 Å². The highest BCUT2D eigenvalue weighted by Gasteiger charge is 2.08. The highest BCUT2D eigenvalue weighted by atomic mass is 127. The molecule has 1 nitrogen and oxygen atoms in total. The van der Waals surface area contributed by atoms with Gasteiger partial charge in [-0.2, -0.15) is 0 Å². The number of benzene rings is 1. The van der Waals surface area contributed by atoms with Gasteiger partial charge in [0.2, 0.25) is 0 Å². The molecular formula is C6H3I4N. The second kappa shape index (κ2) is 4.44. The predicted molar refractivity (Wildman–Crippen MR) is 81.7 cm³/mol. The second-order valence-corrected chi connectivity index (χ2v) is 6.36. The molecule has 1 aromatic carbocycles. The van der Waals surface area contributed by atoms with Crippen molar-refractivity contribution in [2.75, 3.05) is 5.73 Å². The predicted octanol–water partition coefficient (Wildman–Crippen LogP) is 3.69. The molecule has 0 amide bonds. The molecule has 0 radical (unpaired) electrons. The van der Waals surface area contributed by atoms with Crippen LogP contribution >= 0.6 is 90.4 Å². The highest BCUT2D eigenvalue weighted by Crippen LogP contribution is 2.30. The molecule has 2 N–H and O–H groups in total. The summed E-state index contributed by atoms with van der Waals surface area (Å²) in [7, 11) is 0. The average molecular weight is 597 g/mol. The molecule has 0 saturated carbocycles. The van der Waals surface area contributed by atoms with Gasteiger partial charge in [0, 0.05) is 7.14 Å². The van der Waals surface area contributed by atoms with Crippen molar-refractivity contribution in [1.82, 2.24) is 0 Å². The number of halogens is 4. The lowest BCUT2D eigenvalue weighted by Gasteiger charge is -2.05. The minimum atomic E-state index is 0.905. The van der Waals surface area contributed by atoms with Crippen molar-refractivity contribution in [2.24, 2.45) is 0 Å². The molecule has 0 saturated heterocycles. The summed E-state index contributed by atoms with van der Waals surface area (Å²) in [4.78, 5) is 0. The molecule has 0 aliphatic heterocycles. The van der Waals surface area contributed by atoms with Crippen molar-refractivity contribution >= 4 is 96.1 Å². The van der Waals surface area contributed by atoms with Gasteiger partial charge in [-0.1, -0.05) is 0 Å². The Labute approximate surface area is 120 Å². The van der Waals surface area contributed by atoms with Crippen LogP contribution in [0.2, 0.25) is 0 Å². The topological polar surface area (TPSA) is 26.0 Å². The van der Waals surface area contributed by atoms with Crippen molar-refractivity contribution in [3.05, 3.63) is 20.3 Å². The van der Waals surface area contributed by atoms with E-state index in [1.165, 1.54) is 7.14 Å². The van der Waals surface area contributed by atoms with E-state index in [2.05, 4.69) is 96.4 Å². The molecule has 1 aromatic rings. The van der Waals surface area contributed by atoms with Crippen molar-refractivity contribution in [3.8, 4) is 0 Å². The molecule has 1 rings (SSSR count). The number of hydrogen-bond acceptors (Lipinski definition) is 1. The third-order valence-electron chi connectivity index (χ3n) is 1.15. The maximum atomic E-state index is 5.86. The fourth-order valence-corrected chi connectivity index (χ4v) is 3.76. The van der Waals surface area contributed by atoms with E-state index in [0.717, 1.165) is 12.8 Å². The molecule has 0 unspecified atom stereocenters. The van der Waals surface area contributed by atoms with Gasteiger partial charge < -0.3 is 5.73 Å². The van der Waals surface area contributed by atoms with Crippen LogP contribution in [0.3, 0.4) is 0 Å². The highest BCUT2D eigenvalue weighted by molar-refractivity contribution is 14.1. The first-order chi connectivity index (χ1) is 5.04. The Hall–Kier alpha value is 1.94. The molecule has 0 atom stereocenters. The quantitative estimate of drug-likeness (QED) is 0.276. The number of hydrogen-bond donors (Lipinski definition) is 1. The van der Waals surface area contributed by atoms with Gasteiger partial charge in [0.1, 0.15) is 0 Å². The molecule has 0 aliphatic rings. The maximum Gasteiger partial charge on any atom is 0.0607 e. The van der Waals surface area contributed by atoms with Crippen molar-refractivity contribution < 1.29 is 0 Å². The molecule has 0 aliphatic carbocycles. The summed E-state index contributed by atoms with van der Waals surface area (Å²) < 4.78 is 4.78. The Kier molecular flexibility index (Phi) is 4.45. The van der Waals surface area contributed by atoms with Crippen molar-refractivity contribution in [1.29, 1.82) is 0 Å². The summed E-state index contributed by atoms with van der Waals surface area (Å²) in [5, 5.41) is 0. The van der Waals surface area contributed by atoms with Crippen LogP contribution in [0.1, 0.15) is 0 Å². The molecule has 5 heteroatoms. The molecule has 0 heterocycles. The third-order valence-corrected chi connectivity index (χ3v) is 7.24. The standard InChI is InChI=1S/C6H3I4N/c7-2-1-3(8)5(10)6(11)4(2)9/h1H,11H2. The first-order valence-electron chi connectivity index (χ1n) is 2.62. The SMILES string of the molecule is Nc1c(I)c(I)cc(I)c1I. The minimum absolute atomic E-state index is 0.905. The first kappa shape index (κ1) is 11.0. The summed E-state index contributed by atoms with van der Waals surface area (Å²) in [6.07, 6.45) is 0. The van der Waals surface area contributed by atoms with Crippen LogP contribution in [-0.4, -0.2) is 0 Å². The molecule has 60 valence electrons. The lowest BCUT2D eigenvalue weighted by atomic mass is 10.3. The van der Waals surface area contributed by atoms with Crippen LogP contribution in [-0.2, 0) is 0 Å². The summed E-state index contributed by atoms with van der Waals surface area (Å²) in [5.41, 5.74) is 6.76. The second-order valence-electron chi connectivity index (χ2n) is 1.88. The number of nitrogen functional groups attached to an aromatic ring is 1.